The van der Waals surface area contributed by atoms with E-state index < -0.39 is 0 Å². The third-order valence-corrected chi connectivity index (χ3v) is 5.61. The van der Waals surface area contributed by atoms with Crippen molar-refractivity contribution in [3.05, 3.63) is 51.1 Å². The van der Waals surface area contributed by atoms with Gasteiger partial charge in [0.25, 0.3) is 0 Å². The van der Waals surface area contributed by atoms with Crippen LogP contribution in [0.15, 0.2) is 40.5 Å². The molecular formula is C19H24N4O3S. The van der Waals surface area contributed by atoms with Crippen molar-refractivity contribution in [2.75, 3.05) is 37.6 Å². The van der Waals surface area contributed by atoms with E-state index in [2.05, 4.69) is 22.3 Å². The minimum Gasteiger partial charge on any atom is -0.368 e. The zero-order valence-corrected chi connectivity index (χ0v) is 16.2. The lowest BCUT2D eigenvalue weighted by molar-refractivity contribution is -0.133. The van der Waals surface area contributed by atoms with Gasteiger partial charge in [-0.05, 0) is 19.1 Å². The maximum absolute atomic E-state index is 12.3. The van der Waals surface area contributed by atoms with Gasteiger partial charge in [0.15, 0.2) is 0 Å². The van der Waals surface area contributed by atoms with Gasteiger partial charge in [0, 0.05) is 55.9 Å². The monoisotopic (exact) mass is 388 g/mol. The van der Waals surface area contributed by atoms with E-state index in [1.807, 2.05) is 25.1 Å². The van der Waals surface area contributed by atoms with Crippen molar-refractivity contribution in [3.8, 4) is 0 Å². The molecule has 0 spiro atoms. The summed E-state index contributed by atoms with van der Waals surface area (Å²) in [6.07, 6.45) is 0.187. The van der Waals surface area contributed by atoms with Crippen molar-refractivity contribution in [2.24, 2.45) is 0 Å². The van der Waals surface area contributed by atoms with Gasteiger partial charge in [-0.25, -0.2) is 0 Å². The smallest absolute Gasteiger partial charge is 0.307 e. The van der Waals surface area contributed by atoms with Crippen molar-refractivity contribution in [1.82, 2.24) is 14.8 Å². The molecule has 2 amide bonds. The molecule has 8 heteroatoms. The molecule has 7 nitrogen and oxygen atoms in total. The maximum Gasteiger partial charge on any atom is 0.307 e. The fourth-order valence-corrected chi connectivity index (χ4v) is 3.88. The zero-order valence-electron chi connectivity index (χ0n) is 15.4. The van der Waals surface area contributed by atoms with E-state index in [1.165, 1.54) is 0 Å². The Morgan fingerprint density at radius 3 is 2.44 bits per heavy atom. The molecular weight excluding hydrogens is 364 g/mol. The highest BCUT2D eigenvalue weighted by Crippen LogP contribution is 2.15. The number of benzene rings is 1. The SMILES string of the molecule is Cc1csc(=O)n1CCC(=O)NCC(=O)N1CCN(c2ccccc2)CC1. The number of anilines is 1. The molecule has 1 aliphatic rings. The standard InChI is InChI=1S/C19H24N4O3S/c1-15-14-27-19(26)23(15)8-7-17(24)20-13-18(25)22-11-9-21(10-12-22)16-5-3-2-4-6-16/h2-6,14H,7-13H2,1H3,(H,20,24). The van der Waals surface area contributed by atoms with Gasteiger partial charge >= 0.3 is 4.87 Å². The summed E-state index contributed by atoms with van der Waals surface area (Å²) in [5, 5.41) is 4.44. The van der Waals surface area contributed by atoms with E-state index in [-0.39, 0.29) is 29.7 Å². The number of thiazole rings is 1. The quantitative estimate of drug-likeness (QED) is 0.803. The van der Waals surface area contributed by atoms with Crippen molar-refractivity contribution in [3.63, 3.8) is 0 Å². The van der Waals surface area contributed by atoms with Gasteiger partial charge in [0.05, 0.1) is 6.54 Å². The molecule has 1 aliphatic heterocycles. The topological polar surface area (TPSA) is 74.6 Å². The van der Waals surface area contributed by atoms with Gasteiger partial charge in [-0.2, -0.15) is 0 Å². The Kier molecular flexibility index (Phi) is 6.28. The summed E-state index contributed by atoms with van der Waals surface area (Å²) in [7, 11) is 0. The molecule has 0 unspecified atom stereocenters. The summed E-state index contributed by atoms with van der Waals surface area (Å²) in [4.78, 5) is 39.9. The zero-order chi connectivity index (χ0) is 19.2. The molecule has 0 bridgehead atoms. The summed E-state index contributed by atoms with van der Waals surface area (Å²) < 4.78 is 1.58. The number of amides is 2. The van der Waals surface area contributed by atoms with E-state index in [0.717, 1.165) is 35.8 Å². The van der Waals surface area contributed by atoms with Gasteiger partial charge in [-0.3, -0.25) is 14.4 Å². The van der Waals surface area contributed by atoms with E-state index >= 15 is 0 Å². The molecule has 0 radical (unpaired) electrons. The van der Waals surface area contributed by atoms with E-state index in [0.29, 0.717) is 19.6 Å². The fourth-order valence-electron chi connectivity index (χ4n) is 3.12. The van der Waals surface area contributed by atoms with Gasteiger partial charge in [-0.1, -0.05) is 29.5 Å². The average molecular weight is 388 g/mol. The number of carbonyl (C=O) groups is 2. The number of nitrogens with one attached hydrogen (secondary N) is 1. The molecule has 2 aromatic rings. The van der Waals surface area contributed by atoms with Crippen LogP contribution in [-0.4, -0.2) is 54.0 Å². The number of piperazine rings is 1. The Balaban J connectivity index is 1.39. The van der Waals surface area contributed by atoms with Crippen LogP contribution in [0, 0.1) is 6.92 Å². The molecule has 1 fully saturated rings. The first-order valence-electron chi connectivity index (χ1n) is 9.04. The lowest BCUT2D eigenvalue weighted by Crippen LogP contribution is -2.51. The van der Waals surface area contributed by atoms with Crippen LogP contribution in [0.25, 0.3) is 0 Å². The number of para-hydroxylation sites is 1. The van der Waals surface area contributed by atoms with Crippen molar-refractivity contribution in [2.45, 2.75) is 19.9 Å². The number of carbonyl (C=O) groups excluding carboxylic acids is 2. The van der Waals surface area contributed by atoms with Crippen LogP contribution in [0.4, 0.5) is 5.69 Å². The Hall–Kier alpha value is -2.61. The first-order chi connectivity index (χ1) is 13.0. The Bertz CT molecular complexity index is 838. The summed E-state index contributed by atoms with van der Waals surface area (Å²) in [5.41, 5.74) is 2.02. The highest BCUT2D eigenvalue weighted by Gasteiger charge is 2.21. The summed E-state index contributed by atoms with van der Waals surface area (Å²) in [6, 6.07) is 10.1. The molecule has 0 aliphatic carbocycles. The second-order valence-electron chi connectivity index (χ2n) is 6.52. The van der Waals surface area contributed by atoms with Crippen LogP contribution in [0.5, 0.6) is 0 Å². The van der Waals surface area contributed by atoms with Gasteiger partial charge in [0.1, 0.15) is 0 Å². The van der Waals surface area contributed by atoms with Crippen molar-refractivity contribution < 1.29 is 9.59 Å². The summed E-state index contributed by atoms with van der Waals surface area (Å²) in [6.45, 7) is 5.04. The normalized spacial score (nSPS) is 14.3. The molecule has 144 valence electrons. The molecule has 0 atom stereocenters. The van der Waals surface area contributed by atoms with Crippen LogP contribution >= 0.6 is 11.3 Å². The van der Waals surface area contributed by atoms with Crippen molar-refractivity contribution in [1.29, 1.82) is 0 Å². The number of aromatic nitrogens is 1. The van der Waals surface area contributed by atoms with Crippen molar-refractivity contribution >= 4 is 28.8 Å². The number of hydrogen-bond acceptors (Lipinski definition) is 5. The average Bonchev–Trinajstić information content (AvgIpc) is 3.03. The molecule has 1 aromatic carbocycles. The van der Waals surface area contributed by atoms with Gasteiger partial charge in [0.2, 0.25) is 11.8 Å². The van der Waals surface area contributed by atoms with E-state index in [4.69, 9.17) is 0 Å². The fraction of sp³-hybridized carbons (Fsp3) is 0.421. The van der Waals surface area contributed by atoms with Crippen LogP contribution in [0.1, 0.15) is 12.1 Å². The van der Waals surface area contributed by atoms with E-state index in [9.17, 15) is 14.4 Å². The van der Waals surface area contributed by atoms with Crippen LogP contribution in [-0.2, 0) is 16.1 Å². The third kappa shape index (κ3) is 4.97. The van der Waals surface area contributed by atoms with Crippen LogP contribution in [0.2, 0.25) is 0 Å². The second kappa shape index (κ2) is 8.85. The molecule has 1 saturated heterocycles. The minimum atomic E-state index is -0.219. The maximum atomic E-state index is 12.3. The summed E-state index contributed by atoms with van der Waals surface area (Å²) >= 11 is 1.13. The Morgan fingerprint density at radius 2 is 1.81 bits per heavy atom. The Labute approximate surface area is 162 Å². The van der Waals surface area contributed by atoms with Gasteiger partial charge in [-0.15, -0.1) is 0 Å². The molecule has 1 aromatic heterocycles. The molecule has 0 saturated carbocycles. The molecule has 27 heavy (non-hydrogen) atoms. The molecule has 2 heterocycles. The second-order valence-corrected chi connectivity index (χ2v) is 7.35. The Morgan fingerprint density at radius 1 is 1.11 bits per heavy atom. The minimum absolute atomic E-state index is 0.00167. The number of nitrogens with zero attached hydrogens (tertiary/aromatic N) is 3. The summed E-state index contributed by atoms with van der Waals surface area (Å²) in [5.74, 6) is -0.288. The first kappa shape index (κ1) is 19.2. The number of rotatable bonds is 6. The molecule has 1 N–H and O–H groups in total. The highest BCUT2D eigenvalue weighted by atomic mass is 32.1. The molecule has 3 rings (SSSR count). The first-order valence-corrected chi connectivity index (χ1v) is 9.92. The number of aryl methyl sites for hydroxylation is 1. The lowest BCUT2D eigenvalue weighted by atomic mass is 10.2. The largest absolute Gasteiger partial charge is 0.368 e. The third-order valence-electron chi connectivity index (χ3n) is 4.73. The predicted molar refractivity (Wildman–Crippen MR) is 106 cm³/mol. The lowest BCUT2D eigenvalue weighted by Gasteiger charge is -2.36. The van der Waals surface area contributed by atoms with E-state index in [1.54, 1.807) is 14.8 Å². The number of hydrogen-bond donors (Lipinski definition) is 1. The van der Waals surface area contributed by atoms with Crippen LogP contribution < -0.4 is 15.1 Å². The highest BCUT2D eigenvalue weighted by molar-refractivity contribution is 7.07. The van der Waals surface area contributed by atoms with Gasteiger partial charge < -0.3 is 19.7 Å². The van der Waals surface area contributed by atoms with Crippen LogP contribution in [0.3, 0.4) is 0 Å². The predicted octanol–water partition coefficient (Wildman–Crippen LogP) is 1.07.